The summed E-state index contributed by atoms with van der Waals surface area (Å²) in [6.07, 6.45) is 8.80. The van der Waals surface area contributed by atoms with Crippen LogP contribution in [0.1, 0.15) is 12.8 Å². The minimum Gasteiger partial charge on any atom is -0.481 e. The van der Waals surface area contributed by atoms with Gasteiger partial charge in [-0.3, -0.25) is 19.2 Å². The van der Waals surface area contributed by atoms with Gasteiger partial charge in [0.1, 0.15) is 11.5 Å². The summed E-state index contributed by atoms with van der Waals surface area (Å²) < 4.78 is 12.1. The number of carbonyl (C=O) groups is 4. The summed E-state index contributed by atoms with van der Waals surface area (Å²) in [5, 5.41) is 21.8. The standard InChI is InChI=1S/C32H26O8/c33-29(34)23-15-9-11-17(13-15)25(23)31(37)39-27-19-5-1-2-6-20(19)28(22-8-4-3-7-21(22)27)40-32(38)26-18-12-10-16(14-18)24(26)30(35)36/h1-12,15-18,23-26H,13-14H2,(H,33,34)(H,35,36). The third kappa shape index (κ3) is 3.58. The molecule has 8 unspecified atom stereocenters. The van der Waals surface area contributed by atoms with Crippen molar-refractivity contribution in [3.8, 4) is 11.5 Å². The summed E-state index contributed by atoms with van der Waals surface area (Å²) in [4.78, 5) is 51.1. The van der Waals surface area contributed by atoms with Gasteiger partial charge in [0.25, 0.3) is 0 Å². The molecule has 0 saturated heterocycles. The smallest absolute Gasteiger partial charge is 0.315 e. The largest absolute Gasteiger partial charge is 0.481 e. The average molecular weight is 539 g/mol. The topological polar surface area (TPSA) is 127 Å². The Morgan fingerprint density at radius 2 is 0.825 bits per heavy atom. The molecule has 0 amide bonds. The second-order valence-corrected chi connectivity index (χ2v) is 11.3. The van der Waals surface area contributed by atoms with Gasteiger partial charge in [0.05, 0.1) is 23.7 Å². The fourth-order valence-corrected chi connectivity index (χ4v) is 7.57. The molecule has 8 atom stereocenters. The second kappa shape index (κ2) is 9.05. The molecule has 3 aromatic carbocycles. The Morgan fingerprint density at radius 3 is 1.12 bits per heavy atom. The number of allylic oxidation sites excluding steroid dienone is 4. The number of fused-ring (bicyclic) bond motifs is 6. The van der Waals surface area contributed by atoms with Gasteiger partial charge < -0.3 is 19.7 Å². The Kier molecular flexibility index (Phi) is 5.56. The Bertz CT molecular complexity index is 1490. The van der Waals surface area contributed by atoms with E-state index in [4.69, 9.17) is 9.47 Å². The first-order valence-electron chi connectivity index (χ1n) is 13.5. The molecule has 4 aliphatic rings. The number of hydrogen-bond donors (Lipinski definition) is 2. The summed E-state index contributed by atoms with van der Waals surface area (Å²) in [7, 11) is 0. The summed E-state index contributed by atoms with van der Waals surface area (Å²) in [5.41, 5.74) is 0. The van der Waals surface area contributed by atoms with E-state index in [2.05, 4.69) is 0 Å². The zero-order valence-corrected chi connectivity index (χ0v) is 21.3. The Morgan fingerprint density at radius 1 is 0.525 bits per heavy atom. The first-order valence-corrected chi connectivity index (χ1v) is 13.5. The van der Waals surface area contributed by atoms with Gasteiger partial charge in [0.2, 0.25) is 0 Å². The molecule has 0 aliphatic heterocycles. The molecule has 0 radical (unpaired) electrons. The number of hydrogen-bond acceptors (Lipinski definition) is 6. The van der Waals surface area contributed by atoms with Gasteiger partial charge in [-0.1, -0.05) is 72.8 Å². The molecule has 4 bridgehead atoms. The highest BCUT2D eigenvalue weighted by Crippen LogP contribution is 2.51. The quantitative estimate of drug-likeness (QED) is 0.197. The number of aliphatic carboxylic acids is 2. The minimum absolute atomic E-state index is 0.186. The van der Waals surface area contributed by atoms with Gasteiger partial charge in [-0.15, -0.1) is 0 Å². The zero-order chi connectivity index (χ0) is 27.7. The summed E-state index contributed by atoms with van der Waals surface area (Å²) >= 11 is 0. The third-order valence-electron chi connectivity index (χ3n) is 9.27. The van der Waals surface area contributed by atoms with Crippen molar-refractivity contribution in [1.82, 2.24) is 0 Å². The lowest BCUT2D eigenvalue weighted by molar-refractivity contribution is -0.152. The van der Waals surface area contributed by atoms with E-state index in [9.17, 15) is 29.4 Å². The zero-order valence-electron chi connectivity index (χ0n) is 21.3. The first kappa shape index (κ1) is 24.6. The summed E-state index contributed by atoms with van der Waals surface area (Å²) in [6.45, 7) is 0. The van der Waals surface area contributed by atoms with E-state index >= 15 is 0 Å². The first-order chi connectivity index (χ1) is 19.3. The van der Waals surface area contributed by atoms with Crippen LogP contribution < -0.4 is 9.47 Å². The molecule has 0 spiro atoms. The predicted octanol–water partition coefficient (Wildman–Crippen LogP) is 4.85. The van der Waals surface area contributed by atoms with Gasteiger partial charge >= 0.3 is 23.9 Å². The summed E-state index contributed by atoms with van der Waals surface area (Å²) in [5.74, 6) is -6.66. The fourth-order valence-electron chi connectivity index (χ4n) is 7.57. The number of carboxylic acids is 2. The third-order valence-corrected chi connectivity index (χ3v) is 9.27. The van der Waals surface area contributed by atoms with Crippen LogP contribution in [0.2, 0.25) is 0 Å². The maximum Gasteiger partial charge on any atom is 0.315 e. The Labute approximate surface area is 228 Å². The van der Waals surface area contributed by atoms with Gasteiger partial charge in [-0.05, 0) is 36.5 Å². The molecule has 40 heavy (non-hydrogen) atoms. The van der Waals surface area contributed by atoms with Crippen molar-refractivity contribution >= 4 is 45.4 Å². The van der Waals surface area contributed by atoms with Crippen LogP contribution in [0.5, 0.6) is 11.5 Å². The van der Waals surface area contributed by atoms with Crippen molar-refractivity contribution < 1.29 is 38.9 Å². The number of benzene rings is 3. The monoisotopic (exact) mass is 538 g/mol. The van der Waals surface area contributed by atoms with E-state index in [1.807, 2.05) is 24.3 Å². The van der Waals surface area contributed by atoms with Crippen LogP contribution in [-0.4, -0.2) is 34.1 Å². The highest BCUT2D eigenvalue weighted by Gasteiger charge is 2.54. The van der Waals surface area contributed by atoms with E-state index in [0.717, 1.165) is 0 Å². The molecule has 0 aromatic heterocycles. The van der Waals surface area contributed by atoms with Crippen LogP contribution in [0.3, 0.4) is 0 Å². The SMILES string of the molecule is O=C(O)C1C2C=CC(C2)C1C(=O)Oc1c2ccccc2c(OC(=O)C2C3C=CC(C3)C2C(=O)O)c2ccccc12. The van der Waals surface area contributed by atoms with Crippen LogP contribution in [-0.2, 0) is 19.2 Å². The molecule has 0 heterocycles. The summed E-state index contributed by atoms with van der Waals surface area (Å²) in [6, 6.07) is 14.2. The molecule has 8 heteroatoms. The highest BCUT2D eigenvalue weighted by atomic mass is 16.5. The molecule has 4 aliphatic carbocycles. The average Bonchev–Trinajstić information content (AvgIpc) is 3.75. The van der Waals surface area contributed by atoms with E-state index in [-0.39, 0.29) is 35.2 Å². The maximum atomic E-state index is 13.5. The van der Waals surface area contributed by atoms with Gasteiger partial charge in [0, 0.05) is 21.5 Å². The highest BCUT2D eigenvalue weighted by molar-refractivity contribution is 6.13. The Balaban J connectivity index is 1.29. The fraction of sp³-hybridized carbons (Fsp3) is 0.312. The Hall–Kier alpha value is -4.46. The van der Waals surface area contributed by atoms with Crippen molar-refractivity contribution in [3.63, 3.8) is 0 Å². The van der Waals surface area contributed by atoms with Crippen molar-refractivity contribution in [2.24, 2.45) is 47.3 Å². The van der Waals surface area contributed by atoms with Crippen molar-refractivity contribution in [2.45, 2.75) is 12.8 Å². The number of ether oxygens (including phenoxy) is 2. The normalized spacial score (nSPS) is 31.2. The van der Waals surface area contributed by atoms with Crippen LogP contribution in [0.15, 0.2) is 72.8 Å². The number of carboxylic acid groups (broad SMARTS) is 2. The van der Waals surface area contributed by atoms with E-state index in [1.165, 1.54) is 0 Å². The van der Waals surface area contributed by atoms with Gasteiger partial charge in [-0.25, -0.2) is 0 Å². The van der Waals surface area contributed by atoms with E-state index < -0.39 is 47.5 Å². The van der Waals surface area contributed by atoms with Crippen LogP contribution in [0, 0.1) is 47.3 Å². The molecular weight excluding hydrogens is 512 g/mol. The van der Waals surface area contributed by atoms with Crippen molar-refractivity contribution in [3.05, 3.63) is 72.8 Å². The lowest BCUT2D eigenvalue weighted by Gasteiger charge is -2.25. The lowest BCUT2D eigenvalue weighted by Crippen LogP contribution is -2.35. The second-order valence-electron chi connectivity index (χ2n) is 11.3. The molecule has 202 valence electrons. The molecule has 2 N–H and O–H groups in total. The van der Waals surface area contributed by atoms with Crippen molar-refractivity contribution in [2.75, 3.05) is 0 Å². The van der Waals surface area contributed by atoms with E-state index in [0.29, 0.717) is 34.4 Å². The molecular formula is C32H26O8. The maximum absolute atomic E-state index is 13.5. The van der Waals surface area contributed by atoms with Crippen LogP contribution >= 0.6 is 0 Å². The van der Waals surface area contributed by atoms with Gasteiger partial charge in [-0.2, -0.15) is 0 Å². The number of esters is 2. The molecule has 3 aromatic rings. The minimum atomic E-state index is -1.01. The number of rotatable bonds is 6. The predicted molar refractivity (Wildman–Crippen MR) is 143 cm³/mol. The molecule has 2 fully saturated rings. The van der Waals surface area contributed by atoms with E-state index in [1.54, 1.807) is 48.5 Å². The molecule has 8 nitrogen and oxygen atoms in total. The van der Waals surface area contributed by atoms with Crippen molar-refractivity contribution in [1.29, 1.82) is 0 Å². The lowest BCUT2D eigenvalue weighted by atomic mass is 9.83. The molecule has 2 saturated carbocycles. The number of carbonyl (C=O) groups excluding carboxylic acids is 2. The van der Waals surface area contributed by atoms with Crippen LogP contribution in [0.25, 0.3) is 21.5 Å². The van der Waals surface area contributed by atoms with Gasteiger partial charge in [0.15, 0.2) is 0 Å². The molecule has 7 rings (SSSR count). The van der Waals surface area contributed by atoms with Crippen LogP contribution in [0.4, 0.5) is 0 Å².